The molecule has 1 fully saturated rings. The maximum atomic E-state index is 12.4. The Kier molecular flexibility index (Phi) is 4.58. The minimum absolute atomic E-state index is 0.0166. The van der Waals surface area contributed by atoms with Gasteiger partial charge in [-0.2, -0.15) is 0 Å². The van der Waals surface area contributed by atoms with E-state index >= 15 is 0 Å². The summed E-state index contributed by atoms with van der Waals surface area (Å²) in [7, 11) is 0. The number of hydrogen-bond acceptors (Lipinski definition) is 3. The van der Waals surface area contributed by atoms with Crippen molar-refractivity contribution >= 4 is 23.2 Å². The van der Waals surface area contributed by atoms with Crippen molar-refractivity contribution in [2.24, 2.45) is 5.92 Å². The van der Waals surface area contributed by atoms with Crippen LogP contribution in [0.15, 0.2) is 12.1 Å². The van der Waals surface area contributed by atoms with E-state index in [1.807, 2.05) is 12.1 Å². The van der Waals surface area contributed by atoms with Crippen LogP contribution in [0.3, 0.4) is 0 Å². The monoisotopic (exact) mass is 280 g/mol. The third kappa shape index (κ3) is 3.80. The predicted molar refractivity (Wildman–Crippen MR) is 76.4 cm³/mol. The van der Waals surface area contributed by atoms with Crippen LogP contribution in [0.1, 0.15) is 34.8 Å². The number of carbonyl (C=O) groups excluding carboxylic acids is 2. The summed E-state index contributed by atoms with van der Waals surface area (Å²) in [4.78, 5) is 27.5. The van der Waals surface area contributed by atoms with Gasteiger partial charge in [-0.15, -0.1) is 11.3 Å². The average Bonchev–Trinajstić information content (AvgIpc) is 2.68. The number of amides is 2. The summed E-state index contributed by atoms with van der Waals surface area (Å²) >= 11 is 1.55. The molecule has 1 saturated heterocycles. The van der Waals surface area contributed by atoms with Gasteiger partial charge >= 0.3 is 0 Å². The van der Waals surface area contributed by atoms with Crippen LogP contribution in [0.2, 0.25) is 0 Å². The Morgan fingerprint density at radius 1 is 1.47 bits per heavy atom. The van der Waals surface area contributed by atoms with Gasteiger partial charge in [-0.3, -0.25) is 9.59 Å². The van der Waals surface area contributed by atoms with E-state index in [1.165, 1.54) is 4.88 Å². The zero-order valence-corrected chi connectivity index (χ0v) is 12.3. The SMILES string of the molecule is CC(C)Cc1ccc(C(=O)N2CCCNC(=O)C2)s1. The Labute approximate surface area is 117 Å². The van der Waals surface area contributed by atoms with Crippen LogP contribution in [0.5, 0.6) is 0 Å². The van der Waals surface area contributed by atoms with Crippen LogP contribution in [0.4, 0.5) is 0 Å². The molecule has 0 atom stereocenters. The molecule has 0 saturated carbocycles. The van der Waals surface area contributed by atoms with E-state index in [4.69, 9.17) is 0 Å². The van der Waals surface area contributed by atoms with E-state index in [0.29, 0.717) is 19.0 Å². The van der Waals surface area contributed by atoms with Crippen LogP contribution in [-0.4, -0.2) is 36.3 Å². The van der Waals surface area contributed by atoms with Gasteiger partial charge in [-0.05, 0) is 30.9 Å². The average molecular weight is 280 g/mol. The smallest absolute Gasteiger partial charge is 0.264 e. The summed E-state index contributed by atoms with van der Waals surface area (Å²) in [6.07, 6.45) is 1.82. The largest absolute Gasteiger partial charge is 0.354 e. The normalized spacial score (nSPS) is 16.4. The molecule has 0 aromatic carbocycles. The second-order valence-corrected chi connectivity index (χ2v) is 6.46. The van der Waals surface area contributed by atoms with Gasteiger partial charge in [0.05, 0.1) is 11.4 Å². The van der Waals surface area contributed by atoms with E-state index in [9.17, 15) is 9.59 Å². The molecule has 0 bridgehead atoms. The van der Waals surface area contributed by atoms with Crippen LogP contribution >= 0.6 is 11.3 Å². The zero-order chi connectivity index (χ0) is 13.8. The van der Waals surface area contributed by atoms with Crippen molar-refractivity contribution in [1.29, 1.82) is 0 Å². The number of hydrogen-bond donors (Lipinski definition) is 1. The lowest BCUT2D eigenvalue weighted by molar-refractivity contribution is -0.121. The summed E-state index contributed by atoms with van der Waals surface area (Å²) in [6, 6.07) is 3.91. The number of nitrogens with one attached hydrogen (secondary N) is 1. The highest BCUT2D eigenvalue weighted by Crippen LogP contribution is 2.21. The van der Waals surface area contributed by atoms with Crippen molar-refractivity contribution in [3.05, 3.63) is 21.9 Å². The summed E-state index contributed by atoms with van der Waals surface area (Å²) in [5.74, 6) is 0.507. The molecule has 104 valence electrons. The highest BCUT2D eigenvalue weighted by molar-refractivity contribution is 7.14. The van der Waals surface area contributed by atoms with Crippen LogP contribution < -0.4 is 5.32 Å². The zero-order valence-electron chi connectivity index (χ0n) is 11.4. The van der Waals surface area contributed by atoms with Crippen molar-refractivity contribution in [3.8, 4) is 0 Å². The molecule has 4 nitrogen and oxygen atoms in total. The first kappa shape index (κ1) is 14.1. The van der Waals surface area contributed by atoms with Crippen molar-refractivity contribution < 1.29 is 9.59 Å². The van der Waals surface area contributed by atoms with Crippen LogP contribution in [-0.2, 0) is 11.2 Å². The van der Waals surface area contributed by atoms with E-state index < -0.39 is 0 Å². The second kappa shape index (κ2) is 6.19. The molecular weight excluding hydrogens is 260 g/mol. The molecule has 1 N–H and O–H groups in total. The maximum absolute atomic E-state index is 12.4. The Bertz CT molecular complexity index is 468. The van der Waals surface area contributed by atoms with Crippen molar-refractivity contribution in [1.82, 2.24) is 10.2 Å². The van der Waals surface area contributed by atoms with Gasteiger partial charge in [0.1, 0.15) is 0 Å². The second-order valence-electron chi connectivity index (χ2n) is 5.29. The highest BCUT2D eigenvalue weighted by Gasteiger charge is 2.22. The highest BCUT2D eigenvalue weighted by atomic mass is 32.1. The first-order chi connectivity index (χ1) is 9.06. The molecule has 1 aliphatic heterocycles. The fourth-order valence-electron chi connectivity index (χ4n) is 2.14. The fraction of sp³-hybridized carbons (Fsp3) is 0.571. The molecule has 0 spiro atoms. The van der Waals surface area contributed by atoms with Gasteiger partial charge in [-0.25, -0.2) is 0 Å². The maximum Gasteiger partial charge on any atom is 0.264 e. The summed E-state index contributed by atoms with van der Waals surface area (Å²) in [5, 5.41) is 2.78. The van der Waals surface area contributed by atoms with Gasteiger partial charge in [0.15, 0.2) is 0 Å². The quantitative estimate of drug-likeness (QED) is 0.919. The predicted octanol–water partition coefficient (Wildman–Crippen LogP) is 1.91. The topological polar surface area (TPSA) is 49.4 Å². The minimum atomic E-state index is -0.0650. The Morgan fingerprint density at radius 3 is 3.00 bits per heavy atom. The number of thiophene rings is 1. The molecule has 1 aromatic heterocycles. The Balaban J connectivity index is 2.05. The molecule has 0 radical (unpaired) electrons. The molecule has 2 rings (SSSR count). The summed E-state index contributed by atoms with van der Waals surface area (Å²) in [5.41, 5.74) is 0. The molecular formula is C14H20N2O2S. The number of nitrogens with zero attached hydrogens (tertiary/aromatic N) is 1. The molecule has 2 amide bonds. The Morgan fingerprint density at radius 2 is 2.26 bits per heavy atom. The molecule has 19 heavy (non-hydrogen) atoms. The lowest BCUT2D eigenvalue weighted by Gasteiger charge is -2.17. The molecule has 5 heteroatoms. The van der Waals surface area contributed by atoms with Crippen LogP contribution in [0.25, 0.3) is 0 Å². The lowest BCUT2D eigenvalue weighted by Crippen LogP contribution is -2.37. The molecule has 1 aromatic rings. The molecule has 0 unspecified atom stereocenters. The molecule has 2 heterocycles. The van der Waals surface area contributed by atoms with E-state index in [0.717, 1.165) is 17.7 Å². The minimum Gasteiger partial charge on any atom is -0.354 e. The van der Waals surface area contributed by atoms with Gasteiger partial charge in [0, 0.05) is 18.0 Å². The van der Waals surface area contributed by atoms with Crippen molar-refractivity contribution in [3.63, 3.8) is 0 Å². The number of carbonyl (C=O) groups is 2. The lowest BCUT2D eigenvalue weighted by atomic mass is 10.1. The first-order valence-electron chi connectivity index (χ1n) is 6.71. The third-order valence-corrected chi connectivity index (χ3v) is 4.13. The standard InChI is InChI=1S/C14H20N2O2S/c1-10(2)8-11-4-5-12(19-11)14(18)16-7-3-6-15-13(17)9-16/h4-5,10H,3,6-9H2,1-2H3,(H,15,17). The van der Waals surface area contributed by atoms with Gasteiger partial charge in [0.25, 0.3) is 5.91 Å². The van der Waals surface area contributed by atoms with Gasteiger partial charge in [-0.1, -0.05) is 13.8 Å². The van der Waals surface area contributed by atoms with E-state index in [-0.39, 0.29) is 18.4 Å². The van der Waals surface area contributed by atoms with Gasteiger partial charge in [0.2, 0.25) is 5.91 Å². The first-order valence-corrected chi connectivity index (χ1v) is 7.52. The molecule has 1 aliphatic rings. The van der Waals surface area contributed by atoms with Crippen LogP contribution in [0, 0.1) is 5.92 Å². The van der Waals surface area contributed by atoms with Crippen molar-refractivity contribution in [2.75, 3.05) is 19.6 Å². The molecule has 0 aliphatic carbocycles. The van der Waals surface area contributed by atoms with E-state index in [2.05, 4.69) is 19.2 Å². The summed E-state index contributed by atoms with van der Waals surface area (Å²) < 4.78 is 0. The summed E-state index contributed by atoms with van der Waals surface area (Å²) in [6.45, 7) is 5.82. The van der Waals surface area contributed by atoms with Crippen molar-refractivity contribution in [2.45, 2.75) is 26.7 Å². The number of rotatable bonds is 3. The van der Waals surface area contributed by atoms with Gasteiger partial charge < -0.3 is 10.2 Å². The third-order valence-electron chi connectivity index (χ3n) is 3.03. The van der Waals surface area contributed by atoms with E-state index in [1.54, 1.807) is 16.2 Å². The Hall–Kier alpha value is -1.36. The fourth-order valence-corrected chi connectivity index (χ4v) is 3.33.